The van der Waals surface area contributed by atoms with Gasteiger partial charge < -0.3 is 10.1 Å². The molecule has 1 aliphatic heterocycles. The summed E-state index contributed by atoms with van der Waals surface area (Å²) in [7, 11) is -3.15. The molecule has 6 heteroatoms. The van der Waals surface area contributed by atoms with E-state index in [1.54, 1.807) is 0 Å². The monoisotopic (exact) mass is 402 g/mol. The zero-order valence-corrected chi connectivity index (χ0v) is 18.0. The molecule has 3 rings (SSSR count). The molecule has 0 radical (unpaired) electrons. The summed E-state index contributed by atoms with van der Waals surface area (Å²) in [5.74, 6) is 1.40. The van der Waals surface area contributed by atoms with E-state index in [0.29, 0.717) is 32.2 Å². The number of hydrogen-bond donors (Lipinski definition) is 1. The van der Waals surface area contributed by atoms with E-state index < -0.39 is 10.0 Å². The third-order valence-electron chi connectivity index (χ3n) is 5.25. The lowest BCUT2D eigenvalue weighted by atomic mass is 9.98. The van der Waals surface area contributed by atoms with Crippen LogP contribution >= 0.6 is 0 Å². The molecule has 0 fully saturated rings. The smallest absolute Gasteiger partial charge is 0.211 e. The van der Waals surface area contributed by atoms with E-state index in [4.69, 9.17) is 4.74 Å². The van der Waals surface area contributed by atoms with E-state index in [2.05, 4.69) is 44.3 Å². The number of anilines is 1. The number of sulfonamides is 1. The van der Waals surface area contributed by atoms with Crippen LogP contribution in [0.3, 0.4) is 0 Å². The van der Waals surface area contributed by atoms with Gasteiger partial charge in [-0.3, -0.25) is 0 Å². The molecule has 5 nitrogen and oxygen atoms in total. The standard InChI is InChI=1S/C22H30N2O3S/c1-16(2)20-9-8-19(14-17(20)3)27-13-11-23-22-7-5-6-18-15-24(28(4,25)26)12-10-21(18)22/h5-9,14,16,23H,10-13,15H2,1-4H3. The molecule has 0 spiro atoms. The van der Waals surface area contributed by atoms with Crippen molar-refractivity contribution in [3.63, 3.8) is 0 Å². The van der Waals surface area contributed by atoms with Gasteiger partial charge in [0.1, 0.15) is 12.4 Å². The highest BCUT2D eigenvalue weighted by molar-refractivity contribution is 7.88. The molecule has 2 aromatic rings. The molecule has 1 heterocycles. The predicted molar refractivity (Wildman–Crippen MR) is 115 cm³/mol. The summed E-state index contributed by atoms with van der Waals surface area (Å²) in [6, 6.07) is 12.3. The summed E-state index contributed by atoms with van der Waals surface area (Å²) in [6.07, 6.45) is 2.00. The van der Waals surface area contributed by atoms with Gasteiger partial charge in [0.2, 0.25) is 10.0 Å². The number of nitrogens with zero attached hydrogens (tertiary/aromatic N) is 1. The second kappa shape index (κ2) is 8.53. The van der Waals surface area contributed by atoms with Crippen LogP contribution in [0.2, 0.25) is 0 Å². The van der Waals surface area contributed by atoms with Gasteiger partial charge in [-0.25, -0.2) is 8.42 Å². The molecule has 152 valence electrons. The van der Waals surface area contributed by atoms with E-state index >= 15 is 0 Å². The van der Waals surface area contributed by atoms with Crippen LogP contribution in [0.25, 0.3) is 0 Å². The topological polar surface area (TPSA) is 58.6 Å². The Morgan fingerprint density at radius 2 is 2.00 bits per heavy atom. The van der Waals surface area contributed by atoms with Gasteiger partial charge in [0.15, 0.2) is 0 Å². The largest absolute Gasteiger partial charge is 0.492 e. The Morgan fingerprint density at radius 1 is 1.21 bits per heavy atom. The molecule has 0 aromatic heterocycles. The van der Waals surface area contributed by atoms with Crippen LogP contribution in [-0.2, 0) is 23.0 Å². The van der Waals surface area contributed by atoms with Gasteiger partial charge in [0.05, 0.1) is 6.26 Å². The van der Waals surface area contributed by atoms with Gasteiger partial charge in [-0.2, -0.15) is 4.31 Å². The fourth-order valence-corrected chi connectivity index (χ4v) is 4.57. The zero-order chi connectivity index (χ0) is 20.3. The van der Waals surface area contributed by atoms with Crippen LogP contribution in [0.1, 0.15) is 42.0 Å². The van der Waals surface area contributed by atoms with Gasteiger partial charge in [0.25, 0.3) is 0 Å². The van der Waals surface area contributed by atoms with Crippen molar-refractivity contribution in [2.45, 2.75) is 39.7 Å². The predicted octanol–water partition coefficient (Wildman–Crippen LogP) is 3.93. The van der Waals surface area contributed by atoms with E-state index in [9.17, 15) is 8.42 Å². The Balaban J connectivity index is 1.57. The van der Waals surface area contributed by atoms with Crippen molar-refractivity contribution in [1.29, 1.82) is 0 Å². The van der Waals surface area contributed by atoms with Crippen molar-refractivity contribution < 1.29 is 13.2 Å². The molecule has 0 saturated heterocycles. The van der Waals surface area contributed by atoms with Crippen LogP contribution in [0.15, 0.2) is 36.4 Å². The number of benzene rings is 2. The summed E-state index contributed by atoms with van der Waals surface area (Å²) in [4.78, 5) is 0. The molecule has 0 atom stereocenters. The first-order valence-corrected chi connectivity index (χ1v) is 11.6. The van der Waals surface area contributed by atoms with Crippen molar-refractivity contribution in [2.24, 2.45) is 0 Å². The minimum atomic E-state index is -3.15. The molecule has 0 bridgehead atoms. The van der Waals surface area contributed by atoms with Crippen molar-refractivity contribution in [3.8, 4) is 5.75 Å². The Hall–Kier alpha value is -2.05. The summed E-state index contributed by atoms with van der Waals surface area (Å²) in [5, 5.41) is 3.45. The van der Waals surface area contributed by atoms with E-state index in [-0.39, 0.29) is 0 Å². The zero-order valence-electron chi connectivity index (χ0n) is 17.2. The summed E-state index contributed by atoms with van der Waals surface area (Å²) in [5.41, 5.74) is 5.96. The van der Waals surface area contributed by atoms with Gasteiger partial charge in [-0.1, -0.05) is 32.0 Å². The molecule has 0 aliphatic carbocycles. The van der Waals surface area contributed by atoms with E-state index in [1.165, 1.54) is 27.3 Å². The summed E-state index contributed by atoms with van der Waals surface area (Å²) < 4.78 is 31.0. The third-order valence-corrected chi connectivity index (χ3v) is 6.50. The van der Waals surface area contributed by atoms with Gasteiger partial charge >= 0.3 is 0 Å². The van der Waals surface area contributed by atoms with Gasteiger partial charge in [0, 0.05) is 25.3 Å². The molecular formula is C22H30N2O3S. The Bertz CT molecular complexity index is 939. The average Bonchev–Trinajstić information content (AvgIpc) is 2.64. The quantitative estimate of drug-likeness (QED) is 0.713. The molecule has 0 amide bonds. The SMILES string of the molecule is Cc1cc(OCCNc2cccc3c2CCN(S(C)(=O)=O)C3)ccc1C(C)C. The van der Waals surface area contributed by atoms with E-state index in [1.807, 2.05) is 18.2 Å². The highest BCUT2D eigenvalue weighted by Gasteiger charge is 2.24. The minimum absolute atomic E-state index is 0.446. The van der Waals surface area contributed by atoms with E-state index in [0.717, 1.165) is 23.4 Å². The number of fused-ring (bicyclic) bond motifs is 1. The Kier molecular flexibility index (Phi) is 6.30. The number of aryl methyl sites for hydroxylation is 1. The molecule has 0 unspecified atom stereocenters. The normalized spacial score (nSPS) is 14.8. The van der Waals surface area contributed by atoms with Crippen molar-refractivity contribution >= 4 is 15.7 Å². The highest BCUT2D eigenvalue weighted by atomic mass is 32.2. The number of ether oxygens (including phenoxy) is 1. The first-order chi connectivity index (χ1) is 13.3. The molecule has 1 aliphatic rings. The first-order valence-electron chi connectivity index (χ1n) is 9.79. The fraction of sp³-hybridized carbons (Fsp3) is 0.455. The molecule has 28 heavy (non-hydrogen) atoms. The maximum atomic E-state index is 11.8. The third kappa shape index (κ3) is 4.86. The summed E-state index contributed by atoms with van der Waals surface area (Å²) in [6.45, 7) is 8.75. The lowest BCUT2D eigenvalue weighted by molar-refractivity contribution is 0.332. The highest BCUT2D eigenvalue weighted by Crippen LogP contribution is 2.27. The van der Waals surface area contributed by atoms with Gasteiger partial charge in [-0.15, -0.1) is 0 Å². The van der Waals surface area contributed by atoms with Crippen LogP contribution in [-0.4, -0.2) is 38.7 Å². The second-order valence-electron chi connectivity index (χ2n) is 7.74. The van der Waals surface area contributed by atoms with Crippen LogP contribution in [0, 0.1) is 6.92 Å². The minimum Gasteiger partial charge on any atom is -0.492 e. The van der Waals surface area contributed by atoms with Crippen LogP contribution in [0.5, 0.6) is 5.75 Å². The lowest BCUT2D eigenvalue weighted by Crippen LogP contribution is -2.35. The maximum Gasteiger partial charge on any atom is 0.211 e. The second-order valence-corrected chi connectivity index (χ2v) is 9.72. The van der Waals surface area contributed by atoms with Crippen LogP contribution < -0.4 is 10.1 Å². The van der Waals surface area contributed by atoms with Crippen molar-refractivity contribution in [1.82, 2.24) is 4.31 Å². The fourth-order valence-electron chi connectivity index (χ4n) is 3.77. The summed E-state index contributed by atoms with van der Waals surface area (Å²) >= 11 is 0. The number of hydrogen-bond acceptors (Lipinski definition) is 4. The molecular weight excluding hydrogens is 372 g/mol. The van der Waals surface area contributed by atoms with Crippen molar-refractivity contribution in [3.05, 3.63) is 58.7 Å². The van der Waals surface area contributed by atoms with Crippen LogP contribution in [0.4, 0.5) is 5.69 Å². The first kappa shape index (κ1) is 20.7. The number of rotatable bonds is 7. The van der Waals surface area contributed by atoms with Crippen molar-refractivity contribution in [2.75, 3.05) is 31.3 Å². The Labute approximate surface area is 168 Å². The molecule has 1 N–H and O–H groups in total. The molecule has 0 saturated carbocycles. The molecule has 2 aromatic carbocycles. The lowest BCUT2D eigenvalue weighted by Gasteiger charge is -2.28. The maximum absolute atomic E-state index is 11.8. The van der Waals surface area contributed by atoms with Gasteiger partial charge in [-0.05, 0) is 59.7 Å². The number of nitrogens with one attached hydrogen (secondary N) is 1. The Morgan fingerprint density at radius 3 is 2.68 bits per heavy atom. The average molecular weight is 403 g/mol.